The zero-order valence-corrected chi connectivity index (χ0v) is 11.5. The van der Waals surface area contributed by atoms with E-state index >= 15 is 0 Å². The van der Waals surface area contributed by atoms with E-state index in [0.717, 1.165) is 5.69 Å². The molecule has 0 saturated carbocycles. The molecule has 1 aliphatic rings. The lowest BCUT2D eigenvalue weighted by atomic mass is 10.2. The third-order valence-corrected chi connectivity index (χ3v) is 3.13. The van der Waals surface area contributed by atoms with E-state index in [1.165, 1.54) is 0 Å². The molecule has 19 heavy (non-hydrogen) atoms. The van der Waals surface area contributed by atoms with Gasteiger partial charge in [-0.2, -0.15) is 0 Å². The number of carbonyl (C=O) groups excluding carboxylic acids is 1. The van der Waals surface area contributed by atoms with E-state index in [4.69, 9.17) is 4.74 Å². The van der Waals surface area contributed by atoms with Gasteiger partial charge in [-0.1, -0.05) is 0 Å². The van der Waals surface area contributed by atoms with E-state index in [1.54, 1.807) is 17.2 Å². The van der Waals surface area contributed by atoms with E-state index < -0.39 is 6.10 Å². The van der Waals surface area contributed by atoms with Crippen LogP contribution in [0.4, 0.5) is 0 Å². The van der Waals surface area contributed by atoms with Crippen molar-refractivity contribution in [3.05, 3.63) is 29.6 Å². The van der Waals surface area contributed by atoms with Crippen molar-refractivity contribution in [1.82, 2.24) is 9.88 Å². The summed E-state index contributed by atoms with van der Waals surface area (Å²) in [7, 11) is 0. The number of amides is 1. The molecule has 1 aromatic rings. The summed E-state index contributed by atoms with van der Waals surface area (Å²) in [6, 6.07) is 3.56. The number of likely N-dealkylation sites (tertiary alicyclic amines) is 1. The maximum absolute atomic E-state index is 12.3. The fraction of sp³-hybridized carbons (Fsp3) is 0.571. The number of aryl methyl sites for hydroxylation is 1. The number of hydrogen-bond acceptors (Lipinski definition) is 4. The van der Waals surface area contributed by atoms with Gasteiger partial charge in [-0.3, -0.25) is 9.78 Å². The molecule has 1 amide bonds. The molecule has 0 aromatic carbocycles. The van der Waals surface area contributed by atoms with Crippen LogP contribution in [-0.2, 0) is 4.74 Å². The summed E-state index contributed by atoms with van der Waals surface area (Å²) in [4.78, 5) is 18.0. The van der Waals surface area contributed by atoms with Crippen LogP contribution in [0.15, 0.2) is 18.3 Å². The molecule has 1 N–H and O–H groups in total. The number of pyridine rings is 1. The second-order valence-corrected chi connectivity index (χ2v) is 5.19. The highest BCUT2D eigenvalue weighted by Gasteiger charge is 2.35. The number of rotatable bonds is 3. The molecule has 1 fully saturated rings. The topological polar surface area (TPSA) is 62.7 Å². The molecule has 1 saturated heterocycles. The number of ether oxygens (including phenoxy) is 1. The summed E-state index contributed by atoms with van der Waals surface area (Å²) in [5, 5.41) is 9.91. The van der Waals surface area contributed by atoms with Gasteiger partial charge in [-0.05, 0) is 32.9 Å². The average Bonchev–Trinajstić information content (AvgIpc) is 2.70. The molecule has 2 heterocycles. The van der Waals surface area contributed by atoms with Crippen LogP contribution in [0.3, 0.4) is 0 Å². The second kappa shape index (κ2) is 5.67. The average molecular weight is 264 g/mol. The molecule has 5 heteroatoms. The zero-order valence-electron chi connectivity index (χ0n) is 11.5. The number of aromatic nitrogens is 1. The standard InChI is InChI=1S/C14H20N2O3/c1-9(2)19-13-8-16(7-12(13)17)14(18)11-5-4-10(3)15-6-11/h4-6,9,12-13,17H,7-8H2,1-3H3/t12-,13-/m0/s1. The SMILES string of the molecule is Cc1ccc(C(=O)N2C[C@H](OC(C)C)[C@@H](O)C2)cn1. The molecule has 1 aromatic heterocycles. The maximum atomic E-state index is 12.3. The Balaban J connectivity index is 2.03. The van der Waals surface area contributed by atoms with Gasteiger partial charge in [0.05, 0.1) is 17.8 Å². The van der Waals surface area contributed by atoms with Crippen LogP contribution in [0, 0.1) is 6.92 Å². The summed E-state index contributed by atoms with van der Waals surface area (Å²) in [5.41, 5.74) is 1.42. The Kier molecular flexibility index (Phi) is 4.17. The quantitative estimate of drug-likeness (QED) is 0.884. The molecule has 2 rings (SSSR count). The van der Waals surface area contributed by atoms with Crippen molar-refractivity contribution in [3.8, 4) is 0 Å². The molecular weight excluding hydrogens is 244 g/mol. The van der Waals surface area contributed by atoms with Gasteiger partial charge in [0.15, 0.2) is 0 Å². The molecule has 0 aliphatic carbocycles. The lowest BCUT2D eigenvalue weighted by Crippen LogP contribution is -2.31. The van der Waals surface area contributed by atoms with Crippen molar-refractivity contribution in [1.29, 1.82) is 0 Å². The van der Waals surface area contributed by atoms with Gasteiger partial charge >= 0.3 is 0 Å². The Morgan fingerprint density at radius 3 is 2.79 bits per heavy atom. The second-order valence-electron chi connectivity index (χ2n) is 5.19. The Bertz CT molecular complexity index is 445. The van der Waals surface area contributed by atoms with Crippen molar-refractivity contribution in [2.45, 2.75) is 39.1 Å². The van der Waals surface area contributed by atoms with Crippen LogP contribution in [0.25, 0.3) is 0 Å². The van der Waals surface area contributed by atoms with E-state index in [0.29, 0.717) is 18.7 Å². The van der Waals surface area contributed by atoms with Crippen molar-refractivity contribution in [2.24, 2.45) is 0 Å². The first-order valence-electron chi connectivity index (χ1n) is 6.53. The minimum atomic E-state index is -0.621. The Hall–Kier alpha value is -1.46. The van der Waals surface area contributed by atoms with Crippen LogP contribution in [0.2, 0.25) is 0 Å². The number of aliphatic hydroxyl groups is 1. The van der Waals surface area contributed by atoms with Crippen LogP contribution in [-0.4, -0.2) is 52.3 Å². The first-order valence-corrected chi connectivity index (χ1v) is 6.53. The van der Waals surface area contributed by atoms with Crippen LogP contribution in [0.1, 0.15) is 29.9 Å². The van der Waals surface area contributed by atoms with Gasteiger partial charge in [-0.25, -0.2) is 0 Å². The van der Waals surface area contributed by atoms with E-state index in [-0.39, 0.29) is 18.1 Å². The largest absolute Gasteiger partial charge is 0.388 e. The van der Waals surface area contributed by atoms with Crippen molar-refractivity contribution < 1.29 is 14.6 Å². The highest BCUT2D eigenvalue weighted by molar-refractivity contribution is 5.94. The van der Waals surface area contributed by atoms with Crippen LogP contribution < -0.4 is 0 Å². The fourth-order valence-corrected chi connectivity index (χ4v) is 2.18. The number of nitrogens with zero attached hydrogens (tertiary/aromatic N) is 2. The summed E-state index contributed by atoms with van der Waals surface area (Å²) in [5.74, 6) is -0.110. The van der Waals surface area contributed by atoms with Crippen molar-refractivity contribution in [2.75, 3.05) is 13.1 Å². The van der Waals surface area contributed by atoms with Gasteiger partial charge < -0.3 is 14.7 Å². The molecule has 104 valence electrons. The predicted molar refractivity (Wildman–Crippen MR) is 70.9 cm³/mol. The number of carbonyl (C=O) groups is 1. The predicted octanol–water partition coefficient (Wildman–Crippen LogP) is 1.00. The highest BCUT2D eigenvalue weighted by Crippen LogP contribution is 2.17. The Labute approximate surface area is 113 Å². The van der Waals surface area contributed by atoms with Crippen molar-refractivity contribution >= 4 is 5.91 Å². The molecule has 0 spiro atoms. The first-order chi connectivity index (χ1) is 8.97. The molecule has 2 atom stereocenters. The monoisotopic (exact) mass is 264 g/mol. The molecule has 0 bridgehead atoms. The van der Waals surface area contributed by atoms with Gasteiger partial charge in [0.1, 0.15) is 6.10 Å². The molecule has 0 unspecified atom stereocenters. The molecule has 1 aliphatic heterocycles. The summed E-state index contributed by atoms with van der Waals surface area (Å²) < 4.78 is 5.60. The van der Waals surface area contributed by atoms with Gasteiger partial charge in [-0.15, -0.1) is 0 Å². The third kappa shape index (κ3) is 3.30. The number of β-amino-alcohol motifs (C(OH)–C–C–N with tert-alkyl or cyclic N) is 1. The molecule has 0 radical (unpaired) electrons. The van der Waals surface area contributed by atoms with Gasteiger partial charge in [0, 0.05) is 25.0 Å². The molecular formula is C14H20N2O3. The lowest BCUT2D eigenvalue weighted by Gasteiger charge is -2.18. The maximum Gasteiger partial charge on any atom is 0.255 e. The minimum absolute atomic E-state index is 0.0377. The summed E-state index contributed by atoms with van der Waals surface area (Å²) >= 11 is 0. The van der Waals surface area contributed by atoms with Crippen LogP contribution in [0.5, 0.6) is 0 Å². The Morgan fingerprint density at radius 2 is 2.21 bits per heavy atom. The van der Waals surface area contributed by atoms with E-state index in [2.05, 4.69) is 4.98 Å². The van der Waals surface area contributed by atoms with E-state index in [9.17, 15) is 9.90 Å². The Morgan fingerprint density at radius 1 is 1.47 bits per heavy atom. The van der Waals surface area contributed by atoms with Gasteiger partial charge in [0.25, 0.3) is 5.91 Å². The molecule has 5 nitrogen and oxygen atoms in total. The normalized spacial score (nSPS) is 23.1. The zero-order chi connectivity index (χ0) is 14.0. The van der Waals surface area contributed by atoms with E-state index in [1.807, 2.05) is 26.8 Å². The summed E-state index contributed by atoms with van der Waals surface area (Å²) in [6.07, 6.45) is 0.684. The smallest absolute Gasteiger partial charge is 0.255 e. The fourth-order valence-electron chi connectivity index (χ4n) is 2.18. The third-order valence-electron chi connectivity index (χ3n) is 3.13. The van der Waals surface area contributed by atoms with Gasteiger partial charge in [0.2, 0.25) is 0 Å². The van der Waals surface area contributed by atoms with Crippen molar-refractivity contribution in [3.63, 3.8) is 0 Å². The number of hydrogen-bond donors (Lipinski definition) is 1. The first kappa shape index (κ1) is 14.0. The highest BCUT2D eigenvalue weighted by atomic mass is 16.5. The minimum Gasteiger partial charge on any atom is -0.388 e. The van der Waals surface area contributed by atoms with Crippen LogP contribution >= 0.6 is 0 Å². The summed E-state index contributed by atoms with van der Waals surface area (Å²) in [6.45, 7) is 6.44. The number of aliphatic hydroxyl groups excluding tert-OH is 1. The lowest BCUT2D eigenvalue weighted by molar-refractivity contribution is -0.0394.